The Kier molecular flexibility index (Phi) is 8.71. The summed E-state index contributed by atoms with van der Waals surface area (Å²) in [6.45, 7) is 6.31. The first-order valence-corrected chi connectivity index (χ1v) is 19.3. The molecule has 7 nitrogen and oxygen atoms in total. The number of aliphatic hydroxyl groups excluding tert-OH is 1. The van der Waals surface area contributed by atoms with Gasteiger partial charge in [0.1, 0.15) is 50.6 Å². The number of hydrogen-bond acceptors (Lipinski definition) is 6. The fourth-order valence-electron chi connectivity index (χ4n) is 8.55. The second kappa shape index (κ2) is 14.0. The summed E-state index contributed by atoms with van der Waals surface area (Å²) in [5, 5.41) is 13.3. The molecule has 8 aromatic rings. The molecule has 3 aromatic heterocycles. The summed E-state index contributed by atoms with van der Waals surface area (Å²) in [6.07, 6.45) is 7.66. The van der Waals surface area contributed by atoms with Crippen molar-refractivity contribution in [1.29, 1.82) is 0 Å². The highest BCUT2D eigenvalue weighted by Crippen LogP contribution is 2.54. The molecule has 1 N–H and O–H groups in total. The smallest absolute Gasteiger partial charge is 0.238 e. The Morgan fingerprint density at radius 2 is 1.54 bits per heavy atom. The number of para-hydroxylation sites is 2. The summed E-state index contributed by atoms with van der Waals surface area (Å²) < 4.78 is 8.44. The Morgan fingerprint density at radius 1 is 0.831 bits per heavy atom. The molecule has 10 rings (SSSR count). The Bertz CT molecular complexity index is 3170. The van der Waals surface area contributed by atoms with E-state index in [0.29, 0.717) is 22.7 Å². The first-order chi connectivity index (χ1) is 28.7. The van der Waals surface area contributed by atoms with Gasteiger partial charge in [-0.1, -0.05) is 115 Å². The van der Waals surface area contributed by atoms with Crippen LogP contribution in [0.2, 0.25) is 0 Å². The molecule has 0 saturated carbocycles. The van der Waals surface area contributed by atoms with E-state index in [2.05, 4.69) is 82.8 Å². The van der Waals surface area contributed by atoms with Crippen molar-refractivity contribution in [2.75, 3.05) is 4.90 Å². The van der Waals surface area contributed by atoms with Crippen LogP contribution in [0.25, 0.3) is 61.2 Å². The number of furan rings is 1. The summed E-state index contributed by atoms with van der Waals surface area (Å²) in [4.78, 5) is 17.9. The number of anilines is 2. The molecule has 0 fully saturated rings. The standard InChI is InChI=1S/C47H30B5N5O2/c1-3-33(58)36(48)43-34(35-37(49)38(50)39(51)40(52)44(35)59-43)24(2)45-53-46(25-14-6-4-7-15-25)55-47(54-45)57-32-21-13-11-19-28(32)30-23-22-29-27-18-10-12-20-31(27)56(41(29)42(30)57)26-16-8-5-9-17-26/h4-17,19-23,27,58H,2-3,18H2,1H3/b36-33-. The zero-order valence-corrected chi connectivity index (χ0v) is 32.1. The van der Waals surface area contributed by atoms with E-state index < -0.39 is 0 Å². The third-order valence-corrected chi connectivity index (χ3v) is 11.5. The van der Waals surface area contributed by atoms with Crippen molar-refractivity contribution < 1.29 is 9.52 Å². The molecule has 0 saturated heterocycles. The second-order valence-electron chi connectivity index (χ2n) is 14.7. The summed E-state index contributed by atoms with van der Waals surface area (Å²) in [7, 11) is 32.5. The first kappa shape index (κ1) is 36.7. The highest BCUT2D eigenvalue weighted by atomic mass is 16.3. The molecule has 270 valence electrons. The number of nitrogens with zero attached hydrogens (tertiary/aromatic N) is 5. The molecule has 1 aliphatic heterocycles. The minimum atomic E-state index is -0.106. The molecule has 1 atom stereocenters. The van der Waals surface area contributed by atoms with Gasteiger partial charge < -0.3 is 14.4 Å². The summed E-state index contributed by atoms with van der Waals surface area (Å²) in [6, 6.07) is 32.8. The lowest BCUT2D eigenvalue weighted by Gasteiger charge is -2.25. The van der Waals surface area contributed by atoms with Crippen LogP contribution in [0.5, 0.6) is 0 Å². The van der Waals surface area contributed by atoms with Crippen LogP contribution >= 0.6 is 0 Å². The zero-order chi connectivity index (χ0) is 40.7. The highest BCUT2D eigenvalue weighted by molar-refractivity contribution is 6.66. The number of aliphatic hydroxyl groups is 1. The predicted molar refractivity (Wildman–Crippen MR) is 244 cm³/mol. The molecule has 0 bridgehead atoms. The lowest BCUT2D eigenvalue weighted by atomic mass is 9.65. The molecule has 5 aromatic carbocycles. The number of aromatic nitrogens is 4. The maximum absolute atomic E-state index is 10.9. The van der Waals surface area contributed by atoms with E-state index in [1.54, 1.807) is 6.92 Å². The maximum atomic E-state index is 10.9. The fourth-order valence-corrected chi connectivity index (χ4v) is 8.55. The van der Waals surface area contributed by atoms with Crippen LogP contribution in [0, 0.1) is 0 Å². The van der Waals surface area contributed by atoms with Crippen molar-refractivity contribution >= 4 is 116 Å². The zero-order valence-electron chi connectivity index (χ0n) is 32.1. The van der Waals surface area contributed by atoms with Gasteiger partial charge in [0.25, 0.3) is 0 Å². The van der Waals surface area contributed by atoms with Crippen molar-refractivity contribution in [3.05, 3.63) is 156 Å². The first-order valence-electron chi connectivity index (χ1n) is 19.3. The van der Waals surface area contributed by atoms with E-state index in [1.165, 1.54) is 11.3 Å². The molecular formula is C47H30B5N5O2. The van der Waals surface area contributed by atoms with Gasteiger partial charge in [-0.05, 0) is 41.7 Å². The molecule has 0 spiro atoms. The lowest BCUT2D eigenvalue weighted by molar-refractivity contribution is 0.397. The third-order valence-electron chi connectivity index (χ3n) is 11.5. The second-order valence-corrected chi connectivity index (χ2v) is 14.7. The Morgan fingerprint density at radius 3 is 2.31 bits per heavy atom. The summed E-state index contributed by atoms with van der Waals surface area (Å²) in [5.74, 6) is 1.09. The van der Waals surface area contributed by atoms with Crippen molar-refractivity contribution in [2.24, 2.45) is 0 Å². The number of fused-ring (bicyclic) bond motifs is 8. The number of benzene rings is 5. The van der Waals surface area contributed by atoms with Crippen LogP contribution in [0.15, 0.2) is 138 Å². The predicted octanol–water partition coefficient (Wildman–Crippen LogP) is 6.50. The van der Waals surface area contributed by atoms with Gasteiger partial charge in [0.15, 0.2) is 11.6 Å². The van der Waals surface area contributed by atoms with Gasteiger partial charge in [-0.3, -0.25) is 4.57 Å². The van der Waals surface area contributed by atoms with Crippen LogP contribution in [-0.4, -0.2) is 63.9 Å². The SMILES string of the molecule is [B]/C(=C(\O)CC)c1oc2c([B])c([B])c([B])c([B])c2c1C(=C)c1nc(-c2ccccc2)nc(-n2c3ccccc3c3ccc4c(c32)N(c2ccccc2)C2=CC=CCC24)n1. The normalized spacial score (nSPS) is 15.1. The van der Waals surface area contributed by atoms with E-state index in [9.17, 15) is 5.11 Å². The Balaban J connectivity index is 1.30. The topological polar surface area (TPSA) is 80.2 Å². The van der Waals surface area contributed by atoms with Gasteiger partial charge in [-0.2, -0.15) is 9.97 Å². The fraction of sp³-hybridized carbons (Fsp3) is 0.0851. The number of allylic oxidation sites excluding steroid dienone is 5. The molecule has 1 aliphatic carbocycles. The van der Waals surface area contributed by atoms with Gasteiger partial charge in [0, 0.05) is 56.6 Å². The molecule has 12 heteroatoms. The van der Waals surface area contributed by atoms with Crippen molar-refractivity contribution in [1.82, 2.24) is 19.5 Å². The summed E-state index contributed by atoms with van der Waals surface area (Å²) in [5.41, 5.74) is 8.16. The third kappa shape index (κ3) is 5.53. The highest BCUT2D eigenvalue weighted by Gasteiger charge is 2.38. The Hall–Kier alpha value is -6.67. The van der Waals surface area contributed by atoms with E-state index in [1.807, 2.05) is 48.5 Å². The maximum Gasteiger partial charge on any atom is 0.238 e. The molecule has 2 aliphatic rings. The Labute approximate surface area is 347 Å². The van der Waals surface area contributed by atoms with Gasteiger partial charge in [-0.25, -0.2) is 4.98 Å². The minimum Gasteiger partial charge on any atom is -0.513 e. The van der Waals surface area contributed by atoms with Gasteiger partial charge >= 0.3 is 0 Å². The monoisotopic (exact) mass is 751 g/mol. The number of rotatable bonds is 7. The van der Waals surface area contributed by atoms with Crippen LogP contribution in [-0.2, 0) is 0 Å². The van der Waals surface area contributed by atoms with E-state index in [0.717, 1.165) is 45.2 Å². The van der Waals surface area contributed by atoms with Crippen LogP contribution < -0.4 is 26.8 Å². The minimum absolute atomic E-state index is 0.0300. The van der Waals surface area contributed by atoms with E-state index in [-0.39, 0.29) is 68.2 Å². The van der Waals surface area contributed by atoms with Crippen LogP contribution in [0.3, 0.4) is 0 Å². The van der Waals surface area contributed by atoms with Crippen LogP contribution in [0.1, 0.15) is 48.4 Å². The van der Waals surface area contributed by atoms with Crippen molar-refractivity contribution in [3.63, 3.8) is 0 Å². The van der Waals surface area contributed by atoms with E-state index >= 15 is 0 Å². The largest absolute Gasteiger partial charge is 0.513 e. The van der Waals surface area contributed by atoms with Gasteiger partial charge in [-0.15, -0.1) is 10.9 Å². The quantitative estimate of drug-likeness (QED) is 0.148. The van der Waals surface area contributed by atoms with Gasteiger partial charge in [0.05, 0.1) is 22.5 Å². The molecule has 10 radical (unpaired) electrons. The molecule has 0 amide bonds. The molecular weight excluding hydrogens is 721 g/mol. The summed E-state index contributed by atoms with van der Waals surface area (Å²) >= 11 is 0. The average molecular weight is 751 g/mol. The molecule has 1 unspecified atom stereocenters. The van der Waals surface area contributed by atoms with Crippen molar-refractivity contribution in [2.45, 2.75) is 25.7 Å². The molecule has 4 heterocycles. The van der Waals surface area contributed by atoms with Gasteiger partial charge in [0.2, 0.25) is 5.95 Å². The average Bonchev–Trinajstić information content (AvgIpc) is 3.96. The lowest BCUT2D eigenvalue weighted by Crippen LogP contribution is -2.47. The molecule has 59 heavy (non-hydrogen) atoms. The van der Waals surface area contributed by atoms with E-state index in [4.69, 9.17) is 58.6 Å². The van der Waals surface area contributed by atoms with Crippen molar-refractivity contribution in [3.8, 4) is 17.3 Å². The number of hydrogen-bond donors (Lipinski definition) is 1. The van der Waals surface area contributed by atoms with Crippen LogP contribution in [0.4, 0.5) is 11.4 Å².